The number of halogens is 1. The van der Waals surface area contributed by atoms with Gasteiger partial charge in [0, 0.05) is 24.7 Å². The van der Waals surface area contributed by atoms with E-state index in [4.69, 9.17) is 5.73 Å². The van der Waals surface area contributed by atoms with Crippen molar-refractivity contribution in [3.8, 4) is 11.3 Å². The maximum atomic E-state index is 12.4. The summed E-state index contributed by atoms with van der Waals surface area (Å²) in [7, 11) is 0. The van der Waals surface area contributed by atoms with Crippen LogP contribution in [0, 0.1) is 0 Å². The summed E-state index contributed by atoms with van der Waals surface area (Å²) >= 11 is 3.48. The highest BCUT2D eigenvalue weighted by Crippen LogP contribution is 2.29. The number of carbonyl (C=O) groups excluding carboxylic acids is 1. The van der Waals surface area contributed by atoms with Crippen molar-refractivity contribution < 1.29 is 4.79 Å². The zero-order valence-corrected chi connectivity index (χ0v) is 12.4. The molecule has 2 aromatic rings. The lowest BCUT2D eigenvalue weighted by atomic mass is 10.1. The van der Waals surface area contributed by atoms with E-state index in [9.17, 15) is 4.79 Å². The largest absolute Gasteiger partial charge is 0.336 e. The van der Waals surface area contributed by atoms with Crippen LogP contribution in [0.3, 0.4) is 0 Å². The van der Waals surface area contributed by atoms with Gasteiger partial charge in [-0.25, -0.2) is 0 Å². The molecular weight excluding hydrogens is 320 g/mol. The van der Waals surface area contributed by atoms with E-state index < -0.39 is 0 Å². The minimum atomic E-state index is -0.0560. The smallest absolute Gasteiger partial charge is 0.273 e. The Labute approximate surface area is 125 Å². The van der Waals surface area contributed by atoms with E-state index in [1.54, 1.807) is 4.90 Å². The first-order valence-corrected chi connectivity index (χ1v) is 7.30. The summed E-state index contributed by atoms with van der Waals surface area (Å²) in [6, 6.07) is 9.83. The molecule has 1 aromatic heterocycles. The van der Waals surface area contributed by atoms with Crippen LogP contribution in [0.5, 0.6) is 0 Å². The number of rotatable bonds is 2. The van der Waals surface area contributed by atoms with Gasteiger partial charge in [0.2, 0.25) is 0 Å². The quantitative estimate of drug-likeness (QED) is 0.882. The number of H-pyrrole nitrogens is 1. The van der Waals surface area contributed by atoms with Crippen molar-refractivity contribution in [2.75, 3.05) is 13.1 Å². The fourth-order valence-electron chi connectivity index (χ4n) is 2.39. The van der Waals surface area contributed by atoms with Crippen LogP contribution in [-0.4, -0.2) is 40.1 Å². The van der Waals surface area contributed by atoms with E-state index in [0.29, 0.717) is 23.3 Å². The standard InChI is InChI=1S/C14H15BrN4O/c15-11-12(9-4-2-1-3-5-9)17-18-13(11)14(20)19-7-6-10(16)8-19/h1-5,10H,6-8,16H2,(H,17,18). The van der Waals surface area contributed by atoms with Crippen LogP contribution in [-0.2, 0) is 0 Å². The Bertz CT molecular complexity index is 625. The number of aromatic amines is 1. The van der Waals surface area contributed by atoms with Crippen LogP contribution in [0.1, 0.15) is 16.9 Å². The summed E-state index contributed by atoms with van der Waals surface area (Å²) in [5, 5.41) is 7.08. The molecule has 2 heterocycles. The van der Waals surface area contributed by atoms with Crippen LogP contribution in [0.2, 0.25) is 0 Å². The molecule has 1 fully saturated rings. The Morgan fingerprint density at radius 1 is 1.40 bits per heavy atom. The van der Waals surface area contributed by atoms with Gasteiger partial charge in [-0.15, -0.1) is 0 Å². The second-order valence-corrected chi connectivity index (χ2v) is 5.72. The number of nitrogens with one attached hydrogen (secondary N) is 1. The molecule has 6 heteroatoms. The zero-order chi connectivity index (χ0) is 14.1. The summed E-state index contributed by atoms with van der Waals surface area (Å²) in [6.45, 7) is 1.30. The highest BCUT2D eigenvalue weighted by atomic mass is 79.9. The van der Waals surface area contributed by atoms with E-state index in [2.05, 4.69) is 26.1 Å². The van der Waals surface area contributed by atoms with Gasteiger partial charge in [-0.2, -0.15) is 5.10 Å². The fourth-order valence-corrected chi connectivity index (χ4v) is 2.96. The number of nitrogens with two attached hydrogens (primary N) is 1. The first-order valence-electron chi connectivity index (χ1n) is 6.51. The van der Waals surface area contributed by atoms with Crippen molar-refractivity contribution in [1.82, 2.24) is 15.1 Å². The minimum Gasteiger partial charge on any atom is -0.336 e. The maximum Gasteiger partial charge on any atom is 0.273 e. The summed E-state index contributed by atoms with van der Waals surface area (Å²) in [4.78, 5) is 14.2. The monoisotopic (exact) mass is 334 g/mol. The molecule has 0 radical (unpaired) electrons. The first kappa shape index (κ1) is 13.3. The SMILES string of the molecule is NC1CCN(C(=O)c2[nH]nc(-c3ccccc3)c2Br)C1. The maximum absolute atomic E-state index is 12.4. The van der Waals surface area contributed by atoms with Crippen molar-refractivity contribution >= 4 is 21.8 Å². The number of benzene rings is 1. The normalized spacial score (nSPS) is 18.5. The summed E-state index contributed by atoms with van der Waals surface area (Å²) in [5.41, 5.74) is 8.04. The van der Waals surface area contributed by atoms with Gasteiger partial charge in [0.05, 0.1) is 4.47 Å². The van der Waals surface area contributed by atoms with E-state index in [1.807, 2.05) is 30.3 Å². The van der Waals surface area contributed by atoms with Gasteiger partial charge in [-0.1, -0.05) is 30.3 Å². The summed E-state index contributed by atoms with van der Waals surface area (Å²) in [6.07, 6.45) is 0.850. The number of amides is 1. The average Bonchev–Trinajstić information content (AvgIpc) is 3.05. The lowest BCUT2D eigenvalue weighted by Gasteiger charge is -2.14. The molecule has 1 atom stereocenters. The molecule has 3 N–H and O–H groups in total. The molecule has 0 spiro atoms. The molecule has 1 aliphatic rings. The molecule has 1 saturated heterocycles. The molecule has 0 aliphatic carbocycles. The molecular formula is C14H15BrN4O. The molecule has 0 bridgehead atoms. The van der Waals surface area contributed by atoms with Gasteiger partial charge in [0.15, 0.2) is 0 Å². The molecule has 1 aliphatic heterocycles. The first-order chi connectivity index (χ1) is 9.66. The third-order valence-electron chi connectivity index (χ3n) is 3.48. The number of likely N-dealkylation sites (tertiary alicyclic amines) is 1. The van der Waals surface area contributed by atoms with Gasteiger partial charge in [0.25, 0.3) is 5.91 Å². The Morgan fingerprint density at radius 2 is 2.15 bits per heavy atom. The molecule has 20 heavy (non-hydrogen) atoms. The molecule has 104 valence electrons. The van der Waals surface area contributed by atoms with Crippen molar-refractivity contribution in [2.45, 2.75) is 12.5 Å². The fraction of sp³-hybridized carbons (Fsp3) is 0.286. The van der Waals surface area contributed by atoms with Crippen molar-refractivity contribution in [2.24, 2.45) is 5.73 Å². The Kier molecular flexibility index (Phi) is 3.58. The van der Waals surface area contributed by atoms with Crippen LogP contribution in [0.25, 0.3) is 11.3 Å². The highest BCUT2D eigenvalue weighted by molar-refractivity contribution is 9.10. The summed E-state index contributed by atoms with van der Waals surface area (Å²) in [5.74, 6) is -0.0560. The van der Waals surface area contributed by atoms with Crippen molar-refractivity contribution in [3.05, 3.63) is 40.5 Å². The van der Waals surface area contributed by atoms with Gasteiger partial charge < -0.3 is 10.6 Å². The van der Waals surface area contributed by atoms with E-state index in [1.165, 1.54) is 0 Å². The third kappa shape index (κ3) is 2.36. The Morgan fingerprint density at radius 3 is 2.80 bits per heavy atom. The molecule has 3 rings (SSSR count). The molecule has 5 nitrogen and oxygen atoms in total. The third-order valence-corrected chi connectivity index (χ3v) is 4.25. The van der Waals surface area contributed by atoms with E-state index in [0.717, 1.165) is 17.7 Å². The number of nitrogens with zero attached hydrogens (tertiary/aromatic N) is 2. The van der Waals surface area contributed by atoms with E-state index >= 15 is 0 Å². The van der Waals surface area contributed by atoms with Crippen LogP contribution in [0.4, 0.5) is 0 Å². The number of hydrogen-bond donors (Lipinski definition) is 2. The number of hydrogen-bond acceptors (Lipinski definition) is 3. The molecule has 0 saturated carbocycles. The molecule has 1 unspecified atom stereocenters. The topological polar surface area (TPSA) is 75.0 Å². The predicted molar refractivity (Wildman–Crippen MR) is 80.2 cm³/mol. The van der Waals surface area contributed by atoms with Gasteiger partial charge >= 0.3 is 0 Å². The lowest BCUT2D eigenvalue weighted by Crippen LogP contribution is -2.32. The van der Waals surface area contributed by atoms with Gasteiger partial charge in [-0.3, -0.25) is 9.89 Å². The second-order valence-electron chi connectivity index (χ2n) is 4.93. The van der Waals surface area contributed by atoms with Gasteiger partial charge in [0.1, 0.15) is 11.4 Å². The predicted octanol–water partition coefficient (Wildman–Crippen LogP) is 2.01. The van der Waals surface area contributed by atoms with Crippen LogP contribution < -0.4 is 5.73 Å². The second kappa shape index (κ2) is 5.38. The minimum absolute atomic E-state index is 0.0560. The average molecular weight is 335 g/mol. The van der Waals surface area contributed by atoms with Crippen molar-refractivity contribution in [1.29, 1.82) is 0 Å². The zero-order valence-electron chi connectivity index (χ0n) is 10.8. The number of carbonyl (C=O) groups is 1. The van der Waals surface area contributed by atoms with E-state index in [-0.39, 0.29) is 11.9 Å². The van der Waals surface area contributed by atoms with Gasteiger partial charge in [-0.05, 0) is 22.4 Å². The highest BCUT2D eigenvalue weighted by Gasteiger charge is 2.28. The Balaban J connectivity index is 1.89. The van der Waals surface area contributed by atoms with Crippen LogP contribution in [0.15, 0.2) is 34.8 Å². The summed E-state index contributed by atoms with van der Waals surface area (Å²) < 4.78 is 0.703. The number of aromatic nitrogens is 2. The lowest BCUT2D eigenvalue weighted by molar-refractivity contribution is 0.0784. The van der Waals surface area contributed by atoms with Crippen LogP contribution >= 0.6 is 15.9 Å². The molecule has 1 aromatic carbocycles. The molecule has 1 amide bonds. The van der Waals surface area contributed by atoms with Crippen molar-refractivity contribution in [3.63, 3.8) is 0 Å². The Hall–Kier alpha value is -1.66.